The Hall–Kier alpha value is -3.79. The first-order valence-electron chi connectivity index (χ1n) is 13.3. The normalized spacial score (nSPS) is 29.6. The molecule has 1 saturated heterocycles. The first-order valence-corrected chi connectivity index (χ1v) is 13.3. The van der Waals surface area contributed by atoms with E-state index in [-0.39, 0.29) is 37.0 Å². The number of hydrogen-bond acceptors (Lipinski definition) is 9. The number of hydrogen-bond donors (Lipinski definition) is 4. The number of ketones is 1. The smallest absolute Gasteiger partial charge is 0.251 e. The van der Waals surface area contributed by atoms with Gasteiger partial charge in [-0.05, 0) is 67.5 Å². The second kappa shape index (κ2) is 9.20. The predicted octanol–water partition coefficient (Wildman–Crippen LogP) is 0.882. The van der Waals surface area contributed by atoms with Gasteiger partial charge >= 0.3 is 0 Å². The number of guanidine groups is 1. The molecule has 4 heterocycles. The van der Waals surface area contributed by atoms with Crippen LogP contribution in [0.5, 0.6) is 0 Å². The largest absolute Gasteiger partial charge is 0.388 e. The summed E-state index contributed by atoms with van der Waals surface area (Å²) < 4.78 is 0. The molecule has 1 aliphatic carbocycles. The van der Waals surface area contributed by atoms with Crippen molar-refractivity contribution in [3.05, 3.63) is 64.5 Å². The Bertz CT molecular complexity index is 1370. The van der Waals surface area contributed by atoms with Gasteiger partial charge in [-0.2, -0.15) is 0 Å². The zero-order valence-corrected chi connectivity index (χ0v) is 21.4. The second-order valence-electron chi connectivity index (χ2n) is 10.9. The van der Waals surface area contributed by atoms with Crippen molar-refractivity contribution in [1.29, 1.82) is 0 Å². The molecule has 1 aromatic heterocycles. The Morgan fingerprint density at radius 2 is 2.00 bits per heavy atom. The van der Waals surface area contributed by atoms with Crippen molar-refractivity contribution in [3.63, 3.8) is 0 Å². The number of aromatic nitrogens is 1. The van der Waals surface area contributed by atoms with Crippen LogP contribution >= 0.6 is 0 Å². The Morgan fingerprint density at radius 1 is 1.18 bits per heavy atom. The summed E-state index contributed by atoms with van der Waals surface area (Å²) in [6.07, 6.45) is 4.94. The molecule has 2 aromatic rings. The van der Waals surface area contributed by atoms with Gasteiger partial charge in [-0.3, -0.25) is 19.6 Å². The number of amides is 1. The van der Waals surface area contributed by atoms with Crippen molar-refractivity contribution in [2.75, 3.05) is 6.54 Å². The number of carbonyl (C=O) groups is 2. The summed E-state index contributed by atoms with van der Waals surface area (Å²) in [6, 6.07) is 7.64. The number of nitrogens with one attached hydrogen (secondary N) is 1. The van der Waals surface area contributed by atoms with Crippen molar-refractivity contribution in [2.45, 2.75) is 75.2 Å². The van der Waals surface area contributed by atoms with Gasteiger partial charge in [0.2, 0.25) is 0 Å². The zero-order chi connectivity index (χ0) is 26.6. The zero-order valence-electron chi connectivity index (χ0n) is 21.4. The highest BCUT2D eigenvalue weighted by Gasteiger charge is 2.65. The molecule has 0 radical (unpaired) electrons. The van der Waals surface area contributed by atoms with Gasteiger partial charge in [0.05, 0.1) is 17.9 Å². The number of aliphatic hydroxyl groups is 1. The van der Waals surface area contributed by atoms with Crippen LogP contribution in [0.1, 0.15) is 63.2 Å². The summed E-state index contributed by atoms with van der Waals surface area (Å²) in [4.78, 5) is 41.9. The lowest BCUT2D eigenvalue weighted by Crippen LogP contribution is -2.66. The SMILES string of the molecule is Cc1ccnc(C(=O)CC2N=C(N)N3CC(NC(=O)c4cccc5c4CCCC5)C(O)[C@@]34CC(N)=N[C@@H]24)c1. The summed E-state index contributed by atoms with van der Waals surface area (Å²) in [5.74, 6) is 0.208. The van der Waals surface area contributed by atoms with E-state index in [1.54, 1.807) is 12.3 Å². The van der Waals surface area contributed by atoms with E-state index in [9.17, 15) is 14.7 Å². The van der Waals surface area contributed by atoms with Crippen molar-refractivity contribution < 1.29 is 14.7 Å². The van der Waals surface area contributed by atoms with Gasteiger partial charge in [-0.15, -0.1) is 0 Å². The van der Waals surface area contributed by atoms with Crippen LogP contribution in [0, 0.1) is 6.92 Å². The maximum Gasteiger partial charge on any atom is 0.251 e. The number of amidine groups is 1. The second-order valence-corrected chi connectivity index (χ2v) is 10.9. The van der Waals surface area contributed by atoms with Crippen molar-refractivity contribution in [1.82, 2.24) is 15.2 Å². The van der Waals surface area contributed by atoms with Gasteiger partial charge in [-0.25, -0.2) is 4.99 Å². The highest BCUT2D eigenvalue weighted by molar-refractivity contribution is 5.97. The van der Waals surface area contributed by atoms with Crippen molar-refractivity contribution in [3.8, 4) is 0 Å². The molecule has 6 N–H and O–H groups in total. The number of aliphatic imine (C=N–C) groups is 2. The highest BCUT2D eigenvalue weighted by Crippen LogP contribution is 2.45. The molecule has 38 heavy (non-hydrogen) atoms. The van der Waals surface area contributed by atoms with Crippen LogP contribution in [0.4, 0.5) is 0 Å². The first kappa shape index (κ1) is 24.5. The van der Waals surface area contributed by atoms with Crippen LogP contribution < -0.4 is 16.8 Å². The van der Waals surface area contributed by atoms with E-state index >= 15 is 0 Å². The third-order valence-electron chi connectivity index (χ3n) is 8.55. The maximum absolute atomic E-state index is 13.4. The Labute approximate surface area is 221 Å². The van der Waals surface area contributed by atoms with Crippen molar-refractivity contribution >= 4 is 23.5 Å². The number of fused-ring (bicyclic) bond motifs is 1. The molecule has 1 amide bonds. The van der Waals surface area contributed by atoms with Gasteiger partial charge in [0, 0.05) is 31.1 Å². The molecule has 6 rings (SSSR count). The number of nitrogens with two attached hydrogens (primary N) is 2. The molecule has 198 valence electrons. The maximum atomic E-state index is 13.4. The van der Waals surface area contributed by atoms with Crippen LogP contribution in [-0.4, -0.2) is 74.8 Å². The predicted molar refractivity (Wildman–Crippen MR) is 143 cm³/mol. The van der Waals surface area contributed by atoms with Crippen LogP contribution in [0.3, 0.4) is 0 Å². The molecule has 1 fully saturated rings. The minimum atomic E-state index is -1.01. The minimum absolute atomic E-state index is 0.0358. The number of Topliss-reactive ketones (excluding diaryl/α,β-unsaturated/α-hetero) is 1. The molecule has 0 saturated carbocycles. The van der Waals surface area contributed by atoms with Crippen LogP contribution in [-0.2, 0) is 12.8 Å². The van der Waals surface area contributed by atoms with E-state index < -0.39 is 29.8 Å². The minimum Gasteiger partial charge on any atom is -0.388 e. The number of pyridine rings is 1. The van der Waals surface area contributed by atoms with Crippen LogP contribution in [0.15, 0.2) is 46.5 Å². The van der Waals surface area contributed by atoms with Gasteiger partial charge in [0.15, 0.2) is 11.7 Å². The summed E-state index contributed by atoms with van der Waals surface area (Å²) in [7, 11) is 0. The molecule has 10 nitrogen and oxygen atoms in total. The third kappa shape index (κ3) is 3.86. The van der Waals surface area contributed by atoms with Crippen molar-refractivity contribution in [2.24, 2.45) is 21.5 Å². The summed E-state index contributed by atoms with van der Waals surface area (Å²) in [5.41, 5.74) is 15.9. The molecule has 4 aliphatic rings. The summed E-state index contributed by atoms with van der Waals surface area (Å²) >= 11 is 0. The lowest BCUT2D eigenvalue weighted by Gasteiger charge is -2.46. The fourth-order valence-electron chi connectivity index (χ4n) is 6.78. The van der Waals surface area contributed by atoms with E-state index in [1.165, 1.54) is 5.56 Å². The molecule has 5 atom stereocenters. The van der Waals surface area contributed by atoms with Gasteiger partial charge in [0.1, 0.15) is 23.4 Å². The average Bonchev–Trinajstić information content (AvgIpc) is 3.40. The molecule has 1 spiro atoms. The highest BCUT2D eigenvalue weighted by atomic mass is 16.3. The average molecular weight is 516 g/mol. The summed E-state index contributed by atoms with van der Waals surface area (Å²) in [5, 5.41) is 14.8. The Kier molecular flexibility index (Phi) is 5.94. The molecule has 3 aliphatic heterocycles. The lowest BCUT2D eigenvalue weighted by molar-refractivity contribution is 0.0275. The lowest BCUT2D eigenvalue weighted by atomic mass is 9.77. The number of carbonyl (C=O) groups excluding carboxylic acids is 2. The Balaban J connectivity index is 1.26. The fourth-order valence-corrected chi connectivity index (χ4v) is 6.78. The quantitative estimate of drug-likeness (QED) is 0.430. The number of rotatable bonds is 5. The first-order chi connectivity index (χ1) is 18.3. The molecule has 0 bridgehead atoms. The molecule has 3 unspecified atom stereocenters. The van der Waals surface area contributed by atoms with Gasteiger partial charge in [-0.1, -0.05) is 12.1 Å². The number of nitrogens with zero attached hydrogens (tertiary/aromatic N) is 4. The van der Waals surface area contributed by atoms with Crippen LogP contribution in [0.25, 0.3) is 0 Å². The van der Waals surface area contributed by atoms with E-state index in [4.69, 9.17) is 11.5 Å². The third-order valence-corrected chi connectivity index (χ3v) is 8.55. The van der Waals surface area contributed by atoms with Gasteiger partial charge in [0.25, 0.3) is 5.91 Å². The molecular formula is C28H33N7O3. The topological polar surface area (TPSA) is 159 Å². The monoisotopic (exact) mass is 515 g/mol. The van der Waals surface area contributed by atoms with E-state index in [0.717, 1.165) is 36.8 Å². The number of benzene rings is 1. The van der Waals surface area contributed by atoms with E-state index in [0.29, 0.717) is 17.1 Å². The Morgan fingerprint density at radius 3 is 2.82 bits per heavy atom. The standard InChI is InChI=1S/C28H33N7O3/c1-15-9-10-31-19(11-15)22(36)12-20-24-28(13-23(29)34-24)25(37)21(14-35(28)27(30)33-20)32-26(38)18-8-4-6-16-5-2-3-7-17(16)18/h4,6,8-11,20-21,24-25,37H,2-3,5,7,12-14H2,1H3,(H2,29,34)(H2,30,33)(H,32,38)/t20?,21?,24-,25?,28-/m0/s1. The van der Waals surface area contributed by atoms with Crippen LogP contribution in [0.2, 0.25) is 0 Å². The van der Waals surface area contributed by atoms with Gasteiger partial charge < -0.3 is 26.8 Å². The fraction of sp³-hybridized carbons (Fsp3) is 0.464. The molecule has 10 heteroatoms. The number of aliphatic hydroxyl groups excluding tert-OH is 1. The molecule has 1 aromatic carbocycles. The summed E-state index contributed by atoms with van der Waals surface area (Å²) in [6.45, 7) is 2.18. The number of aryl methyl sites for hydroxylation is 2. The molecular weight excluding hydrogens is 482 g/mol. The van der Waals surface area contributed by atoms with E-state index in [2.05, 4.69) is 26.4 Å². The van der Waals surface area contributed by atoms with E-state index in [1.807, 2.05) is 30.0 Å².